The molecule has 0 aromatic rings. The van der Waals surface area contributed by atoms with Crippen molar-refractivity contribution in [2.75, 3.05) is 40.1 Å². The van der Waals surface area contributed by atoms with E-state index in [2.05, 4.69) is 5.32 Å². The van der Waals surface area contributed by atoms with E-state index in [9.17, 15) is 4.79 Å². The van der Waals surface area contributed by atoms with Gasteiger partial charge < -0.3 is 14.4 Å². The van der Waals surface area contributed by atoms with Crippen molar-refractivity contribution in [3.63, 3.8) is 0 Å². The lowest BCUT2D eigenvalue weighted by Gasteiger charge is -2.14. The van der Waals surface area contributed by atoms with E-state index in [0.29, 0.717) is 26.5 Å². The predicted molar refractivity (Wildman–Crippen MR) is 59.0 cm³/mol. The molecule has 1 heterocycles. The van der Waals surface area contributed by atoms with Gasteiger partial charge in [0, 0.05) is 20.3 Å². The van der Waals surface area contributed by atoms with Crippen LogP contribution in [0.4, 0.5) is 0 Å². The third kappa shape index (κ3) is 2.53. The number of rotatable bonds is 7. The molecule has 2 rings (SSSR count). The molecule has 0 radical (unpaired) electrons. The molecule has 1 aliphatic heterocycles. The maximum atomic E-state index is 11.9. The molecule has 0 unspecified atom stereocenters. The van der Waals surface area contributed by atoms with E-state index in [4.69, 9.17) is 9.47 Å². The van der Waals surface area contributed by atoms with Gasteiger partial charge in [0.2, 0.25) is 5.91 Å². The minimum atomic E-state index is -0.156. The van der Waals surface area contributed by atoms with Crippen molar-refractivity contribution in [3.8, 4) is 0 Å². The molecule has 1 spiro atoms. The Morgan fingerprint density at radius 1 is 1.38 bits per heavy atom. The number of hydrogen-bond donors (Lipinski definition) is 1. The van der Waals surface area contributed by atoms with Gasteiger partial charge in [-0.3, -0.25) is 10.1 Å². The molecule has 92 valence electrons. The third-order valence-electron chi connectivity index (χ3n) is 3.20. The number of carbonyl (C=O) groups is 1. The molecule has 0 bridgehead atoms. The first-order chi connectivity index (χ1) is 7.78. The Bertz CT molecular complexity index is 254. The second kappa shape index (κ2) is 5.12. The highest BCUT2D eigenvalue weighted by Crippen LogP contribution is 2.39. The molecule has 2 fully saturated rings. The molecule has 2 aliphatic rings. The van der Waals surface area contributed by atoms with Gasteiger partial charge in [-0.05, 0) is 19.3 Å². The first-order valence-electron chi connectivity index (χ1n) is 5.90. The SMILES string of the molecule is COCCOCCCN1CNC2(CC2)C1=O. The van der Waals surface area contributed by atoms with Crippen LogP contribution in [0.3, 0.4) is 0 Å². The van der Waals surface area contributed by atoms with Crippen LogP contribution in [-0.2, 0) is 14.3 Å². The van der Waals surface area contributed by atoms with Gasteiger partial charge >= 0.3 is 0 Å². The summed E-state index contributed by atoms with van der Waals surface area (Å²) in [6.07, 6.45) is 2.91. The van der Waals surface area contributed by atoms with Crippen LogP contribution in [0.1, 0.15) is 19.3 Å². The molecule has 5 nitrogen and oxygen atoms in total. The summed E-state index contributed by atoms with van der Waals surface area (Å²) in [6.45, 7) is 3.46. The summed E-state index contributed by atoms with van der Waals surface area (Å²) in [7, 11) is 1.66. The highest BCUT2D eigenvalue weighted by atomic mass is 16.5. The Kier molecular flexibility index (Phi) is 3.78. The Labute approximate surface area is 96.1 Å². The number of nitrogens with one attached hydrogen (secondary N) is 1. The Morgan fingerprint density at radius 3 is 2.81 bits per heavy atom. The number of ether oxygens (including phenoxy) is 2. The summed E-state index contributed by atoms with van der Waals surface area (Å²) in [6, 6.07) is 0. The zero-order valence-corrected chi connectivity index (χ0v) is 9.83. The number of hydrogen-bond acceptors (Lipinski definition) is 4. The van der Waals surface area contributed by atoms with Crippen LogP contribution in [0.25, 0.3) is 0 Å². The van der Waals surface area contributed by atoms with Crippen molar-refractivity contribution >= 4 is 5.91 Å². The van der Waals surface area contributed by atoms with Crippen LogP contribution in [0, 0.1) is 0 Å². The van der Waals surface area contributed by atoms with E-state index >= 15 is 0 Å². The van der Waals surface area contributed by atoms with Crippen molar-refractivity contribution in [2.45, 2.75) is 24.8 Å². The number of carbonyl (C=O) groups excluding carboxylic acids is 1. The van der Waals surface area contributed by atoms with E-state index < -0.39 is 0 Å². The zero-order chi connectivity index (χ0) is 11.4. The summed E-state index contributed by atoms with van der Waals surface area (Å²) >= 11 is 0. The van der Waals surface area contributed by atoms with Crippen molar-refractivity contribution < 1.29 is 14.3 Å². The van der Waals surface area contributed by atoms with Crippen LogP contribution in [0.15, 0.2) is 0 Å². The molecular weight excluding hydrogens is 208 g/mol. The number of methoxy groups -OCH3 is 1. The fraction of sp³-hybridized carbons (Fsp3) is 0.909. The molecule has 16 heavy (non-hydrogen) atoms. The summed E-state index contributed by atoms with van der Waals surface area (Å²) < 4.78 is 10.2. The van der Waals surface area contributed by atoms with Gasteiger partial charge in [-0.15, -0.1) is 0 Å². The molecule has 1 amide bonds. The monoisotopic (exact) mass is 228 g/mol. The maximum absolute atomic E-state index is 11.9. The summed E-state index contributed by atoms with van der Waals surface area (Å²) in [5.41, 5.74) is -0.156. The van der Waals surface area contributed by atoms with Crippen molar-refractivity contribution in [1.29, 1.82) is 0 Å². The van der Waals surface area contributed by atoms with Crippen molar-refractivity contribution in [2.24, 2.45) is 0 Å². The lowest BCUT2D eigenvalue weighted by atomic mass is 10.2. The van der Waals surface area contributed by atoms with Gasteiger partial charge in [0.1, 0.15) is 0 Å². The molecule has 1 N–H and O–H groups in total. The molecule has 5 heteroatoms. The minimum Gasteiger partial charge on any atom is -0.382 e. The molecule has 0 aromatic heterocycles. The minimum absolute atomic E-state index is 0.156. The lowest BCUT2D eigenvalue weighted by Crippen LogP contribution is -2.33. The van der Waals surface area contributed by atoms with Gasteiger partial charge in [0.05, 0.1) is 25.4 Å². The summed E-state index contributed by atoms with van der Waals surface area (Å²) in [5.74, 6) is 0.282. The zero-order valence-electron chi connectivity index (χ0n) is 9.83. The second-order valence-electron chi connectivity index (χ2n) is 4.44. The fourth-order valence-corrected chi connectivity index (χ4v) is 1.99. The smallest absolute Gasteiger partial charge is 0.243 e. The Balaban J connectivity index is 1.55. The highest BCUT2D eigenvalue weighted by Gasteiger charge is 2.55. The van der Waals surface area contributed by atoms with Crippen LogP contribution >= 0.6 is 0 Å². The standard InChI is InChI=1S/C11H20N2O3/c1-15-7-8-16-6-2-5-13-9-12-11(3-4-11)10(13)14/h12H,2-9H2,1H3. The maximum Gasteiger partial charge on any atom is 0.243 e. The van der Waals surface area contributed by atoms with Gasteiger partial charge in [0.25, 0.3) is 0 Å². The van der Waals surface area contributed by atoms with Crippen molar-refractivity contribution in [3.05, 3.63) is 0 Å². The van der Waals surface area contributed by atoms with E-state index in [1.807, 2.05) is 4.90 Å². The van der Waals surface area contributed by atoms with Crippen molar-refractivity contribution in [1.82, 2.24) is 10.2 Å². The van der Waals surface area contributed by atoms with Crippen LogP contribution < -0.4 is 5.32 Å². The van der Waals surface area contributed by atoms with Crippen LogP contribution in [0.5, 0.6) is 0 Å². The largest absolute Gasteiger partial charge is 0.382 e. The van der Waals surface area contributed by atoms with Crippen LogP contribution in [0.2, 0.25) is 0 Å². The fourth-order valence-electron chi connectivity index (χ4n) is 1.99. The first-order valence-corrected chi connectivity index (χ1v) is 5.90. The molecule has 0 aromatic carbocycles. The highest BCUT2D eigenvalue weighted by molar-refractivity contribution is 5.91. The van der Waals surface area contributed by atoms with Gasteiger partial charge in [0.15, 0.2) is 0 Å². The molecular formula is C11H20N2O3. The lowest BCUT2D eigenvalue weighted by molar-refractivity contribution is -0.129. The topological polar surface area (TPSA) is 50.8 Å². The molecule has 1 saturated heterocycles. The average Bonchev–Trinajstić information content (AvgIpc) is 3.01. The van der Waals surface area contributed by atoms with Gasteiger partial charge in [-0.1, -0.05) is 0 Å². The van der Waals surface area contributed by atoms with E-state index in [0.717, 1.165) is 25.8 Å². The van der Waals surface area contributed by atoms with E-state index in [1.165, 1.54) is 0 Å². The predicted octanol–water partition coefficient (Wildman–Crippen LogP) is -0.0386. The summed E-state index contributed by atoms with van der Waals surface area (Å²) in [4.78, 5) is 13.8. The second-order valence-corrected chi connectivity index (χ2v) is 4.44. The Hall–Kier alpha value is -0.650. The Morgan fingerprint density at radius 2 is 2.19 bits per heavy atom. The van der Waals surface area contributed by atoms with E-state index in [-0.39, 0.29) is 11.4 Å². The first kappa shape index (κ1) is 11.8. The average molecular weight is 228 g/mol. The quantitative estimate of drug-likeness (QED) is 0.621. The summed E-state index contributed by atoms with van der Waals surface area (Å²) in [5, 5.41) is 3.28. The van der Waals surface area contributed by atoms with Gasteiger partial charge in [-0.25, -0.2) is 0 Å². The molecule has 1 aliphatic carbocycles. The molecule has 1 saturated carbocycles. The number of amides is 1. The third-order valence-corrected chi connectivity index (χ3v) is 3.20. The number of nitrogens with zero attached hydrogens (tertiary/aromatic N) is 1. The van der Waals surface area contributed by atoms with E-state index in [1.54, 1.807) is 7.11 Å². The van der Waals surface area contributed by atoms with Crippen LogP contribution in [-0.4, -0.2) is 56.5 Å². The van der Waals surface area contributed by atoms with Gasteiger partial charge in [-0.2, -0.15) is 0 Å². The molecule has 0 atom stereocenters. The normalized spacial score (nSPS) is 22.1.